The van der Waals surface area contributed by atoms with Crippen LogP contribution in [0.1, 0.15) is 46.0 Å². The highest BCUT2D eigenvalue weighted by Crippen LogP contribution is 2.26. The number of carbonyl (C=O) groups is 2. The Bertz CT molecular complexity index is 1440. The molecule has 0 bridgehead atoms. The van der Waals surface area contributed by atoms with E-state index in [2.05, 4.69) is 15.3 Å². The SMILES string of the molecule is Cc1cc(NC(=O)c2ccc3[nH]c(C)cc(=O)c3c2)c2cc(C(=O)OC(C)C)ccc2n1. The molecule has 32 heavy (non-hydrogen) atoms. The van der Waals surface area contributed by atoms with Gasteiger partial charge in [0.2, 0.25) is 0 Å². The fourth-order valence-electron chi connectivity index (χ4n) is 3.59. The second kappa shape index (κ2) is 8.26. The third kappa shape index (κ3) is 4.23. The van der Waals surface area contributed by atoms with Gasteiger partial charge in [0.15, 0.2) is 5.43 Å². The second-order valence-electron chi connectivity index (χ2n) is 8.03. The normalized spacial score (nSPS) is 11.2. The maximum absolute atomic E-state index is 13.0. The molecule has 4 rings (SSSR count). The van der Waals surface area contributed by atoms with Crippen LogP contribution in [0.15, 0.2) is 53.3 Å². The van der Waals surface area contributed by atoms with E-state index >= 15 is 0 Å². The molecule has 0 fully saturated rings. The Hall–Kier alpha value is -4.00. The van der Waals surface area contributed by atoms with E-state index in [-0.39, 0.29) is 17.4 Å². The van der Waals surface area contributed by atoms with Crippen molar-refractivity contribution in [2.24, 2.45) is 0 Å². The smallest absolute Gasteiger partial charge is 0.338 e. The van der Waals surface area contributed by atoms with Crippen molar-refractivity contribution in [1.82, 2.24) is 9.97 Å². The van der Waals surface area contributed by atoms with Gasteiger partial charge in [0.25, 0.3) is 5.91 Å². The van der Waals surface area contributed by atoms with Crippen molar-refractivity contribution in [3.63, 3.8) is 0 Å². The van der Waals surface area contributed by atoms with Crippen LogP contribution in [0.5, 0.6) is 0 Å². The van der Waals surface area contributed by atoms with Crippen LogP contribution in [-0.4, -0.2) is 27.9 Å². The van der Waals surface area contributed by atoms with Crippen molar-refractivity contribution in [2.45, 2.75) is 33.8 Å². The van der Waals surface area contributed by atoms with Crippen molar-refractivity contribution in [2.75, 3.05) is 5.32 Å². The molecule has 0 saturated carbocycles. The monoisotopic (exact) mass is 429 g/mol. The highest BCUT2D eigenvalue weighted by atomic mass is 16.5. The zero-order chi connectivity index (χ0) is 23.0. The van der Waals surface area contributed by atoms with Crippen LogP contribution in [0, 0.1) is 13.8 Å². The van der Waals surface area contributed by atoms with Gasteiger partial charge in [0, 0.05) is 39.3 Å². The summed E-state index contributed by atoms with van der Waals surface area (Å²) in [6, 6.07) is 13.2. The lowest BCUT2D eigenvalue weighted by molar-refractivity contribution is 0.0378. The molecular weight excluding hydrogens is 406 g/mol. The van der Waals surface area contributed by atoms with Crippen LogP contribution >= 0.6 is 0 Å². The lowest BCUT2D eigenvalue weighted by atomic mass is 10.1. The van der Waals surface area contributed by atoms with Crippen molar-refractivity contribution in [3.05, 3.63) is 81.3 Å². The zero-order valence-corrected chi connectivity index (χ0v) is 18.3. The lowest BCUT2D eigenvalue weighted by Crippen LogP contribution is -2.14. The fraction of sp³-hybridized carbons (Fsp3) is 0.200. The number of hydrogen-bond acceptors (Lipinski definition) is 5. The number of ether oxygens (including phenoxy) is 1. The number of pyridine rings is 2. The molecule has 2 aromatic carbocycles. The molecule has 2 aromatic heterocycles. The number of nitrogens with one attached hydrogen (secondary N) is 2. The summed E-state index contributed by atoms with van der Waals surface area (Å²) >= 11 is 0. The number of rotatable bonds is 4. The number of aromatic amines is 1. The number of amides is 1. The van der Waals surface area contributed by atoms with Crippen molar-refractivity contribution in [1.29, 1.82) is 0 Å². The molecule has 7 heteroatoms. The fourth-order valence-corrected chi connectivity index (χ4v) is 3.59. The van der Waals surface area contributed by atoms with Crippen LogP contribution in [0.4, 0.5) is 5.69 Å². The van der Waals surface area contributed by atoms with Crippen molar-refractivity contribution in [3.8, 4) is 0 Å². The molecule has 2 N–H and O–H groups in total. The molecule has 0 aliphatic heterocycles. The molecule has 7 nitrogen and oxygen atoms in total. The first-order valence-electron chi connectivity index (χ1n) is 10.3. The maximum atomic E-state index is 13.0. The molecule has 0 saturated heterocycles. The molecule has 2 heterocycles. The average molecular weight is 429 g/mol. The second-order valence-corrected chi connectivity index (χ2v) is 8.03. The van der Waals surface area contributed by atoms with Gasteiger partial charge in [-0.1, -0.05) is 0 Å². The number of aromatic nitrogens is 2. The molecule has 162 valence electrons. The number of aryl methyl sites for hydroxylation is 2. The molecular formula is C25H23N3O4. The Balaban J connectivity index is 1.73. The minimum Gasteiger partial charge on any atom is -0.459 e. The highest BCUT2D eigenvalue weighted by molar-refractivity contribution is 6.10. The zero-order valence-electron chi connectivity index (χ0n) is 18.3. The lowest BCUT2D eigenvalue weighted by Gasteiger charge is -2.12. The van der Waals surface area contributed by atoms with E-state index in [1.54, 1.807) is 56.3 Å². The highest BCUT2D eigenvalue weighted by Gasteiger charge is 2.15. The van der Waals surface area contributed by atoms with Crippen LogP contribution in [-0.2, 0) is 4.74 Å². The Labute approximate surface area is 184 Å². The van der Waals surface area contributed by atoms with E-state index < -0.39 is 5.97 Å². The van der Waals surface area contributed by atoms with Crippen LogP contribution in [0.3, 0.4) is 0 Å². The van der Waals surface area contributed by atoms with Gasteiger partial charge >= 0.3 is 5.97 Å². The van der Waals surface area contributed by atoms with Crippen LogP contribution in [0.25, 0.3) is 21.8 Å². The number of hydrogen-bond donors (Lipinski definition) is 2. The van der Waals surface area contributed by atoms with E-state index in [1.165, 1.54) is 6.07 Å². The number of benzene rings is 2. The van der Waals surface area contributed by atoms with E-state index in [9.17, 15) is 14.4 Å². The topological polar surface area (TPSA) is 101 Å². The van der Waals surface area contributed by atoms with Crippen molar-refractivity contribution >= 4 is 39.4 Å². The van der Waals surface area contributed by atoms with E-state index in [0.29, 0.717) is 38.6 Å². The van der Waals surface area contributed by atoms with Gasteiger partial charge in [-0.3, -0.25) is 14.6 Å². The standard InChI is InChI=1S/C25H23N3O4/c1-13(2)32-25(31)17-6-8-20-18(12-17)22(9-14(3)26-20)28-24(30)16-5-7-21-19(11-16)23(29)10-15(4)27-21/h5-13H,1-4H3,(H,27,29)(H,26,28,30). The predicted molar refractivity (Wildman–Crippen MR) is 124 cm³/mol. The van der Waals surface area contributed by atoms with Gasteiger partial charge in [0.05, 0.1) is 22.9 Å². The van der Waals surface area contributed by atoms with Gasteiger partial charge in [-0.25, -0.2) is 4.79 Å². The van der Waals surface area contributed by atoms with Crippen LogP contribution in [0.2, 0.25) is 0 Å². The number of H-pyrrole nitrogens is 1. The number of anilines is 1. The van der Waals surface area contributed by atoms with Gasteiger partial charge in [-0.05, 0) is 70.2 Å². The molecule has 0 aliphatic carbocycles. The first kappa shape index (κ1) is 21.2. The van der Waals surface area contributed by atoms with Gasteiger partial charge in [0.1, 0.15) is 0 Å². The molecule has 0 atom stereocenters. The van der Waals surface area contributed by atoms with Crippen LogP contribution < -0.4 is 10.7 Å². The van der Waals surface area contributed by atoms with E-state index in [1.807, 2.05) is 13.8 Å². The Morgan fingerprint density at radius 2 is 1.69 bits per heavy atom. The largest absolute Gasteiger partial charge is 0.459 e. The molecule has 4 aromatic rings. The number of carbonyl (C=O) groups excluding carboxylic acids is 2. The number of nitrogens with zero attached hydrogens (tertiary/aromatic N) is 1. The minimum atomic E-state index is -0.441. The summed E-state index contributed by atoms with van der Waals surface area (Å²) in [6.07, 6.45) is -0.242. The van der Waals surface area contributed by atoms with E-state index in [4.69, 9.17) is 4.74 Å². The summed E-state index contributed by atoms with van der Waals surface area (Å²) in [4.78, 5) is 45.3. The molecule has 0 radical (unpaired) electrons. The Kier molecular flexibility index (Phi) is 5.48. The Morgan fingerprint density at radius 1 is 0.969 bits per heavy atom. The summed E-state index contributed by atoms with van der Waals surface area (Å²) in [7, 11) is 0. The summed E-state index contributed by atoms with van der Waals surface area (Å²) in [5, 5.41) is 3.97. The number of esters is 1. The van der Waals surface area contributed by atoms with Gasteiger partial charge in [-0.2, -0.15) is 0 Å². The summed E-state index contributed by atoms with van der Waals surface area (Å²) in [5.41, 5.74) is 3.89. The van der Waals surface area contributed by atoms with Gasteiger partial charge in [-0.15, -0.1) is 0 Å². The van der Waals surface area contributed by atoms with E-state index in [0.717, 1.165) is 11.4 Å². The molecule has 0 aliphatic rings. The molecule has 1 amide bonds. The summed E-state index contributed by atoms with van der Waals surface area (Å²) in [6.45, 7) is 7.20. The third-order valence-corrected chi connectivity index (χ3v) is 4.99. The Morgan fingerprint density at radius 3 is 2.44 bits per heavy atom. The van der Waals surface area contributed by atoms with Gasteiger partial charge < -0.3 is 15.0 Å². The summed E-state index contributed by atoms with van der Waals surface area (Å²) < 4.78 is 5.28. The minimum absolute atomic E-state index is 0.149. The number of fused-ring (bicyclic) bond motifs is 2. The quantitative estimate of drug-likeness (QED) is 0.465. The first-order valence-corrected chi connectivity index (χ1v) is 10.3. The maximum Gasteiger partial charge on any atom is 0.338 e. The third-order valence-electron chi connectivity index (χ3n) is 4.99. The first-order chi connectivity index (χ1) is 15.2. The average Bonchev–Trinajstić information content (AvgIpc) is 2.72. The molecule has 0 unspecified atom stereocenters. The van der Waals surface area contributed by atoms with Crippen molar-refractivity contribution < 1.29 is 14.3 Å². The predicted octanol–water partition coefficient (Wildman–Crippen LogP) is 4.51. The summed E-state index contributed by atoms with van der Waals surface area (Å²) in [5.74, 6) is -0.808. The molecule has 0 spiro atoms.